The van der Waals surface area contributed by atoms with Crippen LogP contribution in [0.4, 0.5) is 11.4 Å². The van der Waals surface area contributed by atoms with Gasteiger partial charge in [-0.15, -0.1) is 0 Å². The normalized spacial score (nSPS) is 19.8. The SMILES string of the molecule is CCc1ccccc1N(/C=C\C=C\C1Oc2ccccc2[N+]1(C)CCC(=O)O)CCC=O. The van der Waals surface area contributed by atoms with Crippen molar-refractivity contribution < 1.29 is 19.4 Å². The van der Waals surface area contributed by atoms with Gasteiger partial charge in [-0.25, -0.2) is 0 Å². The van der Waals surface area contributed by atoms with Gasteiger partial charge in [0.2, 0.25) is 0 Å². The zero-order valence-corrected chi connectivity index (χ0v) is 18.7. The largest absolute Gasteiger partial charge is 0.481 e. The molecule has 0 saturated carbocycles. The number of nitrogens with zero attached hydrogens (tertiary/aromatic N) is 2. The summed E-state index contributed by atoms with van der Waals surface area (Å²) in [6.45, 7) is 3.15. The molecule has 0 aliphatic carbocycles. The zero-order valence-electron chi connectivity index (χ0n) is 18.7. The van der Waals surface area contributed by atoms with Gasteiger partial charge >= 0.3 is 5.97 Å². The summed E-state index contributed by atoms with van der Waals surface area (Å²) >= 11 is 0. The molecule has 2 aromatic carbocycles. The van der Waals surface area contributed by atoms with Crippen molar-refractivity contribution in [1.82, 2.24) is 4.48 Å². The first kappa shape index (κ1) is 23.3. The maximum Gasteiger partial charge on any atom is 0.309 e. The number of para-hydroxylation sites is 3. The summed E-state index contributed by atoms with van der Waals surface area (Å²) < 4.78 is 6.52. The molecule has 2 atom stereocenters. The summed E-state index contributed by atoms with van der Waals surface area (Å²) in [5.74, 6) is -0.0414. The van der Waals surface area contributed by atoms with Crippen molar-refractivity contribution in [2.24, 2.45) is 0 Å². The standard InChI is InChI=1S/C26H30N2O4/c1-3-21-11-4-5-12-22(21)27(18-10-20-29)17-9-8-15-25-28(2,19-16-26(30)31)23-13-6-7-14-24(23)32-25/h4-9,11-15,17,20,25H,3,10,16,18-19H2,1-2H3/p+1/b15-8+,17-9-. The number of allylic oxidation sites excluding steroid dienone is 2. The Balaban J connectivity index is 1.80. The molecule has 2 unspecified atom stereocenters. The third-order valence-electron chi connectivity index (χ3n) is 5.84. The molecule has 32 heavy (non-hydrogen) atoms. The molecule has 0 aromatic heterocycles. The van der Waals surface area contributed by atoms with Crippen LogP contribution in [0.1, 0.15) is 25.3 Å². The summed E-state index contributed by atoms with van der Waals surface area (Å²) in [4.78, 5) is 24.3. The number of anilines is 1. The Labute approximate surface area is 189 Å². The van der Waals surface area contributed by atoms with Gasteiger partial charge in [-0.3, -0.25) is 9.28 Å². The second-order valence-electron chi connectivity index (χ2n) is 7.97. The van der Waals surface area contributed by atoms with E-state index in [1.54, 1.807) is 0 Å². The highest BCUT2D eigenvalue weighted by Crippen LogP contribution is 2.42. The van der Waals surface area contributed by atoms with Crippen molar-refractivity contribution in [3.05, 3.63) is 78.5 Å². The van der Waals surface area contributed by atoms with Crippen LogP contribution in [0.15, 0.2) is 73.0 Å². The smallest absolute Gasteiger partial charge is 0.309 e. The van der Waals surface area contributed by atoms with Crippen LogP contribution in [0, 0.1) is 0 Å². The third kappa shape index (κ3) is 5.26. The average molecular weight is 436 g/mol. The number of fused-ring (bicyclic) bond motifs is 1. The number of benzene rings is 2. The van der Waals surface area contributed by atoms with E-state index in [0.717, 1.165) is 29.8 Å². The molecule has 1 N–H and O–H groups in total. The Hall–Kier alpha value is -3.38. The highest BCUT2D eigenvalue weighted by atomic mass is 16.5. The number of aliphatic carboxylic acids is 1. The number of carboxylic acid groups (broad SMARTS) is 1. The highest BCUT2D eigenvalue weighted by molar-refractivity contribution is 5.68. The van der Waals surface area contributed by atoms with Crippen molar-refractivity contribution in [3.8, 4) is 5.75 Å². The summed E-state index contributed by atoms with van der Waals surface area (Å²) in [6.07, 6.45) is 9.81. The molecule has 6 nitrogen and oxygen atoms in total. The molecule has 0 bridgehead atoms. The quantitative estimate of drug-likeness (QED) is 0.319. The second kappa shape index (κ2) is 10.8. The number of carboxylic acids is 1. The van der Waals surface area contributed by atoms with Gasteiger partial charge in [0.1, 0.15) is 6.29 Å². The van der Waals surface area contributed by atoms with Crippen LogP contribution in [0.3, 0.4) is 0 Å². The highest BCUT2D eigenvalue weighted by Gasteiger charge is 2.43. The minimum absolute atomic E-state index is 0.0572. The van der Waals surface area contributed by atoms with E-state index in [1.165, 1.54) is 5.56 Å². The summed E-state index contributed by atoms with van der Waals surface area (Å²) in [5.41, 5.74) is 3.30. The Morgan fingerprint density at radius 1 is 1.16 bits per heavy atom. The van der Waals surface area contributed by atoms with E-state index >= 15 is 0 Å². The lowest BCUT2D eigenvalue weighted by atomic mass is 10.1. The first-order chi connectivity index (χ1) is 15.5. The van der Waals surface area contributed by atoms with Crippen LogP contribution in [0.5, 0.6) is 5.75 Å². The molecule has 3 rings (SSSR count). The zero-order chi connectivity index (χ0) is 23.0. The Morgan fingerprint density at radius 2 is 1.91 bits per heavy atom. The molecule has 0 fully saturated rings. The van der Waals surface area contributed by atoms with Gasteiger partial charge in [-0.05, 0) is 30.2 Å². The number of aryl methyl sites for hydroxylation is 1. The van der Waals surface area contributed by atoms with E-state index in [9.17, 15) is 14.7 Å². The monoisotopic (exact) mass is 435 g/mol. The number of likely N-dealkylation sites (N-methyl/N-ethyl adjacent to an activating group) is 1. The number of quaternary nitrogens is 1. The Bertz CT molecular complexity index is 1000. The molecule has 1 aliphatic rings. The van der Waals surface area contributed by atoms with Crippen molar-refractivity contribution in [3.63, 3.8) is 0 Å². The number of hydrogen-bond donors (Lipinski definition) is 1. The topological polar surface area (TPSA) is 66.8 Å². The molecule has 1 aliphatic heterocycles. The van der Waals surface area contributed by atoms with E-state index in [0.29, 0.717) is 24.0 Å². The molecule has 6 heteroatoms. The third-order valence-corrected chi connectivity index (χ3v) is 5.84. The van der Waals surface area contributed by atoms with Crippen molar-refractivity contribution in [2.45, 2.75) is 32.4 Å². The van der Waals surface area contributed by atoms with Gasteiger partial charge < -0.3 is 19.5 Å². The van der Waals surface area contributed by atoms with Crippen molar-refractivity contribution >= 4 is 23.6 Å². The first-order valence-electron chi connectivity index (χ1n) is 11.0. The Kier molecular flexibility index (Phi) is 7.84. The van der Waals surface area contributed by atoms with E-state index in [4.69, 9.17) is 4.74 Å². The van der Waals surface area contributed by atoms with Crippen molar-refractivity contribution in [1.29, 1.82) is 0 Å². The predicted octanol–water partition coefficient (Wildman–Crippen LogP) is 4.54. The number of rotatable bonds is 11. The van der Waals surface area contributed by atoms with E-state index in [1.807, 2.05) is 67.9 Å². The molecule has 0 spiro atoms. The fourth-order valence-electron chi connectivity index (χ4n) is 4.04. The minimum atomic E-state index is -0.822. The summed E-state index contributed by atoms with van der Waals surface area (Å²) in [5, 5.41) is 9.21. The molecule has 168 valence electrons. The average Bonchev–Trinajstić information content (AvgIpc) is 3.09. The van der Waals surface area contributed by atoms with Gasteiger partial charge in [0.25, 0.3) is 6.23 Å². The van der Waals surface area contributed by atoms with Crippen LogP contribution in [0.2, 0.25) is 0 Å². The Morgan fingerprint density at radius 3 is 2.66 bits per heavy atom. The molecule has 2 aromatic rings. The minimum Gasteiger partial charge on any atom is -0.481 e. The van der Waals surface area contributed by atoms with Gasteiger partial charge in [-0.2, -0.15) is 0 Å². The number of carbonyl (C=O) groups is 2. The fourth-order valence-corrected chi connectivity index (χ4v) is 4.04. The van der Waals surface area contributed by atoms with Gasteiger partial charge in [0.15, 0.2) is 11.4 Å². The van der Waals surface area contributed by atoms with Crippen LogP contribution < -0.4 is 14.1 Å². The molecular formula is C26H31N2O4+. The van der Waals surface area contributed by atoms with Crippen LogP contribution >= 0.6 is 0 Å². The summed E-state index contributed by atoms with van der Waals surface area (Å²) in [6, 6.07) is 16.0. The summed E-state index contributed by atoms with van der Waals surface area (Å²) in [7, 11) is 2.00. The lowest BCUT2D eigenvalue weighted by Gasteiger charge is -2.31. The number of ether oxygens (including phenoxy) is 1. The van der Waals surface area contributed by atoms with Crippen LogP contribution in [-0.2, 0) is 16.0 Å². The van der Waals surface area contributed by atoms with Gasteiger partial charge in [-0.1, -0.05) is 43.3 Å². The maximum atomic E-state index is 11.2. The van der Waals surface area contributed by atoms with E-state index in [2.05, 4.69) is 24.0 Å². The fraction of sp³-hybridized carbons (Fsp3) is 0.308. The molecule has 0 radical (unpaired) electrons. The van der Waals surface area contributed by atoms with E-state index in [-0.39, 0.29) is 12.6 Å². The molecule has 1 heterocycles. The van der Waals surface area contributed by atoms with Gasteiger partial charge in [0, 0.05) is 37.0 Å². The number of hydrogen-bond acceptors (Lipinski definition) is 4. The predicted molar refractivity (Wildman–Crippen MR) is 128 cm³/mol. The van der Waals surface area contributed by atoms with Gasteiger partial charge in [0.05, 0.1) is 20.0 Å². The number of carbonyl (C=O) groups excluding carboxylic acids is 1. The lowest BCUT2D eigenvalue weighted by molar-refractivity contribution is -0.137. The number of aldehydes is 1. The molecular weight excluding hydrogens is 404 g/mol. The first-order valence-corrected chi connectivity index (χ1v) is 11.0. The maximum absolute atomic E-state index is 11.2. The van der Waals surface area contributed by atoms with E-state index < -0.39 is 5.97 Å². The van der Waals surface area contributed by atoms with Crippen LogP contribution in [-0.4, -0.2) is 43.7 Å². The molecule has 0 amide bonds. The van der Waals surface area contributed by atoms with Crippen molar-refractivity contribution in [2.75, 3.05) is 25.0 Å². The lowest BCUT2D eigenvalue weighted by Crippen LogP contribution is -2.52. The van der Waals surface area contributed by atoms with Crippen LogP contribution in [0.25, 0.3) is 0 Å². The molecule has 0 saturated heterocycles. The second-order valence-corrected chi connectivity index (χ2v) is 7.97.